The van der Waals surface area contributed by atoms with E-state index in [1.165, 1.54) is 0 Å². The quantitative estimate of drug-likeness (QED) is 0.840. The fourth-order valence-corrected chi connectivity index (χ4v) is 2.00. The van der Waals surface area contributed by atoms with Gasteiger partial charge in [0, 0.05) is 26.2 Å². The van der Waals surface area contributed by atoms with Crippen LogP contribution in [0, 0.1) is 0 Å². The maximum Gasteiger partial charge on any atom is 0.0642 e. The summed E-state index contributed by atoms with van der Waals surface area (Å²) in [4.78, 5) is 0. The first-order valence-electron chi connectivity index (χ1n) is 5.42. The van der Waals surface area contributed by atoms with E-state index < -0.39 is 6.10 Å². The number of aliphatic hydroxyl groups excluding tert-OH is 1. The molecule has 0 aliphatic heterocycles. The molecule has 0 spiro atoms. The highest BCUT2D eigenvalue weighted by atomic mass is 35.5. The van der Waals surface area contributed by atoms with Crippen LogP contribution in [0.15, 0.2) is 18.2 Å². The third kappa shape index (κ3) is 4.12. The van der Waals surface area contributed by atoms with E-state index in [0.29, 0.717) is 29.6 Å². The van der Waals surface area contributed by atoms with Crippen LogP contribution >= 0.6 is 23.2 Å². The van der Waals surface area contributed by atoms with Gasteiger partial charge in [0.2, 0.25) is 0 Å². The van der Waals surface area contributed by atoms with E-state index in [9.17, 15) is 5.11 Å². The van der Waals surface area contributed by atoms with E-state index >= 15 is 0 Å². The molecule has 0 amide bonds. The second-order valence-corrected chi connectivity index (χ2v) is 4.68. The third-order valence-corrected chi connectivity index (χ3v) is 3.45. The van der Waals surface area contributed by atoms with Gasteiger partial charge in [0.05, 0.1) is 16.1 Å². The van der Waals surface area contributed by atoms with Gasteiger partial charge in [-0.2, -0.15) is 0 Å². The summed E-state index contributed by atoms with van der Waals surface area (Å²) < 4.78 is 4.94. The van der Waals surface area contributed by atoms with Gasteiger partial charge < -0.3 is 15.6 Å². The predicted octanol–water partition coefficient (Wildman–Crippen LogP) is 2.43. The second kappa shape index (κ2) is 7.19. The van der Waals surface area contributed by atoms with Crippen molar-refractivity contribution in [2.24, 2.45) is 5.73 Å². The van der Waals surface area contributed by atoms with Crippen molar-refractivity contribution in [2.75, 3.05) is 20.3 Å². The summed E-state index contributed by atoms with van der Waals surface area (Å²) >= 11 is 11.8. The van der Waals surface area contributed by atoms with Crippen LogP contribution in [0.25, 0.3) is 0 Å². The normalized spacial score (nSPS) is 14.6. The van der Waals surface area contributed by atoms with E-state index in [-0.39, 0.29) is 5.92 Å². The first kappa shape index (κ1) is 14.7. The molecule has 5 heteroatoms. The van der Waals surface area contributed by atoms with Crippen LogP contribution in [-0.4, -0.2) is 31.5 Å². The van der Waals surface area contributed by atoms with Gasteiger partial charge in [0.15, 0.2) is 0 Å². The Morgan fingerprint density at radius 1 is 1.35 bits per heavy atom. The van der Waals surface area contributed by atoms with Gasteiger partial charge in [-0.3, -0.25) is 0 Å². The highest BCUT2D eigenvalue weighted by Gasteiger charge is 2.20. The molecule has 0 saturated heterocycles. The van der Waals surface area contributed by atoms with Gasteiger partial charge in [-0.15, -0.1) is 0 Å². The zero-order valence-electron chi connectivity index (χ0n) is 9.70. The van der Waals surface area contributed by atoms with Crippen molar-refractivity contribution in [3.8, 4) is 0 Å². The monoisotopic (exact) mass is 277 g/mol. The number of hydrogen-bond donors (Lipinski definition) is 2. The van der Waals surface area contributed by atoms with Gasteiger partial charge in [-0.05, 0) is 24.1 Å². The molecule has 3 nitrogen and oxygen atoms in total. The number of nitrogens with two attached hydrogens (primary N) is 1. The molecular formula is C12H17Cl2NO2. The van der Waals surface area contributed by atoms with Gasteiger partial charge in [0.1, 0.15) is 0 Å². The molecule has 0 bridgehead atoms. The van der Waals surface area contributed by atoms with Crippen molar-refractivity contribution >= 4 is 23.2 Å². The molecule has 17 heavy (non-hydrogen) atoms. The first-order valence-corrected chi connectivity index (χ1v) is 6.17. The lowest BCUT2D eigenvalue weighted by atomic mass is 9.92. The zero-order valence-corrected chi connectivity index (χ0v) is 11.2. The summed E-state index contributed by atoms with van der Waals surface area (Å²) in [6.07, 6.45) is -0.00398. The summed E-state index contributed by atoms with van der Waals surface area (Å²) in [6.45, 7) is 0.849. The summed E-state index contributed by atoms with van der Waals surface area (Å²) in [6, 6.07) is 5.30. The topological polar surface area (TPSA) is 55.5 Å². The minimum absolute atomic E-state index is 0.153. The number of benzene rings is 1. The van der Waals surface area contributed by atoms with Crippen LogP contribution in [0.5, 0.6) is 0 Å². The van der Waals surface area contributed by atoms with E-state index in [4.69, 9.17) is 33.7 Å². The Kier molecular flexibility index (Phi) is 6.23. The summed E-state index contributed by atoms with van der Waals surface area (Å²) in [5.74, 6) is -0.153. The molecule has 96 valence electrons. The van der Waals surface area contributed by atoms with Crippen molar-refractivity contribution < 1.29 is 9.84 Å². The molecule has 0 aromatic heterocycles. The van der Waals surface area contributed by atoms with Crippen molar-refractivity contribution in [3.63, 3.8) is 0 Å². The standard InChI is InChI=1S/C12H17Cl2NO2/c1-17-5-4-12(16)9(7-15)8-2-3-10(13)11(14)6-8/h2-3,6,9,12,16H,4-5,7,15H2,1H3. The Labute approximate surface area is 111 Å². The lowest BCUT2D eigenvalue weighted by Crippen LogP contribution is -2.27. The van der Waals surface area contributed by atoms with Crippen LogP contribution in [0.1, 0.15) is 17.9 Å². The molecule has 3 N–H and O–H groups in total. The number of hydrogen-bond acceptors (Lipinski definition) is 3. The van der Waals surface area contributed by atoms with E-state index in [1.54, 1.807) is 19.2 Å². The van der Waals surface area contributed by atoms with Crippen LogP contribution in [0.2, 0.25) is 10.0 Å². The number of aliphatic hydroxyl groups is 1. The van der Waals surface area contributed by atoms with Gasteiger partial charge in [0.25, 0.3) is 0 Å². The predicted molar refractivity (Wildman–Crippen MR) is 70.8 cm³/mol. The Bertz CT molecular complexity index is 360. The van der Waals surface area contributed by atoms with E-state index in [2.05, 4.69) is 0 Å². The fraction of sp³-hybridized carbons (Fsp3) is 0.500. The van der Waals surface area contributed by atoms with Gasteiger partial charge >= 0.3 is 0 Å². The minimum Gasteiger partial charge on any atom is -0.392 e. The Balaban J connectivity index is 2.81. The van der Waals surface area contributed by atoms with Crippen molar-refractivity contribution in [1.29, 1.82) is 0 Å². The number of halogens is 2. The molecule has 0 heterocycles. The average molecular weight is 278 g/mol. The Morgan fingerprint density at radius 3 is 2.59 bits per heavy atom. The lowest BCUT2D eigenvalue weighted by Gasteiger charge is -2.22. The van der Waals surface area contributed by atoms with Gasteiger partial charge in [-0.25, -0.2) is 0 Å². The lowest BCUT2D eigenvalue weighted by molar-refractivity contribution is 0.0920. The maximum atomic E-state index is 10.0. The van der Waals surface area contributed by atoms with Crippen LogP contribution in [0.3, 0.4) is 0 Å². The highest BCUT2D eigenvalue weighted by molar-refractivity contribution is 6.42. The van der Waals surface area contributed by atoms with Crippen LogP contribution < -0.4 is 5.73 Å². The first-order chi connectivity index (χ1) is 8.10. The molecule has 1 aromatic carbocycles. The van der Waals surface area contributed by atoms with Crippen molar-refractivity contribution in [1.82, 2.24) is 0 Å². The van der Waals surface area contributed by atoms with Gasteiger partial charge in [-0.1, -0.05) is 29.3 Å². The van der Waals surface area contributed by atoms with Crippen LogP contribution in [-0.2, 0) is 4.74 Å². The largest absolute Gasteiger partial charge is 0.392 e. The molecule has 2 unspecified atom stereocenters. The summed E-state index contributed by atoms with van der Waals surface area (Å²) in [5.41, 5.74) is 6.58. The molecule has 0 radical (unpaired) electrons. The molecular weight excluding hydrogens is 261 g/mol. The summed E-state index contributed by atoms with van der Waals surface area (Å²) in [7, 11) is 1.60. The smallest absolute Gasteiger partial charge is 0.0642 e. The molecule has 2 atom stereocenters. The fourth-order valence-electron chi connectivity index (χ4n) is 1.70. The van der Waals surface area contributed by atoms with Crippen molar-refractivity contribution in [3.05, 3.63) is 33.8 Å². The number of ether oxygens (including phenoxy) is 1. The molecule has 0 fully saturated rings. The minimum atomic E-state index is -0.544. The van der Waals surface area contributed by atoms with Crippen LogP contribution in [0.4, 0.5) is 0 Å². The SMILES string of the molecule is COCCC(O)C(CN)c1ccc(Cl)c(Cl)c1. The molecule has 1 aromatic rings. The zero-order chi connectivity index (χ0) is 12.8. The molecule has 0 aliphatic rings. The molecule has 0 saturated carbocycles. The maximum absolute atomic E-state index is 10.0. The molecule has 0 aliphatic carbocycles. The summed E-state index contributed by atoms with van der Waals surface area (Å²) in [5, 5.41) is 11.0. The highest BCUT2D eigenvalue weighted by Crippen LogP contribution is 2.28. The van der Waals surface area contributed by atoms with E-state index in [0.717, 1.165) is 5.56 Å². The van der Waals surface area contributed by atoms with Crippen molar-refractivity contribution in [2.45, 2.75) is 18.4 Å². The average Bonchev–Trinajstić information content (AvgIpc) is 2.32. The molecule has 1 rings (SSSR count). The van der Waals surface area contributed by atoms with E-state index in [1.807, 2.05) is 6.07 Å². The number of rotatable bonds is 6. The number of methoxy groups -OCH3 is 1. The Morgan fingerprint density at radius 2 is 2.06 bits per heavy atom. The Hall–Kier alpha value is -0.320. The second-order valence-electron chi connectivity index (χ2n) is 3.86. The third-order valence-electron chi connectivity index (χ3n) is 2.71.